The van der Waals surface area contributed by atoms with Gasteiger partial charge in [-0.3, -0.25) is 4.79 Å². The van der Waals surface area contributed by atoms with E-state index in [2.05, 4.69) is 42.5 Å². The molecule has 5 heteroatoms. The van der Waals surface area contributed by atoms with Crippen molar-refractivity contribution in [3.05, 3.63) is 29.8 Å². The minimum atomic E-state index is 0.152. The van der Waals surface area contributed by atoms with Gasteiger partial charge in [-0.1, -0.05) is 31.9 Å². The molecule has 0 bridgehead atoms. The molecule has 1 fully saturated rings. The highest BCUT2D eigenvalue weighted by Crippen LogP contribution is 2.27. The van der Waals surface area contributed by atoms with Crippen molar-refractivity contribution in [3.8, 4) is 0 Å². The van der Waals surface area contributed by atoms with Gasteiger partial charge < -0.3 is 15.5 Å². The quantitative estimate of drug-likeness (QED) is 0.559. The lowest BCUT2D eigenvalue weighted by Crippen LogP contribution is -2.39. The van der Waals surface area contributed by atoms with Gasteiger partial charge in [0, 0.05) is 31.7 Å². The zero-order valence-electron chi connectivity index (χ0n) is 15.8. The number of amides is 1. The Hall–Kier alpha value is -2.04. The molecule has 0 atom stereocenters. The summed E-state index contributed by atoms with van der Waals surface area (Å²) in [7, 11) is 2.08. The first-order valence-electron chi connectivity index (χ1n) is 9.53. The van der Waals surface area contributed by atoms with Gasteiger partial charge in [-0.05, 0) is 43.9 Å². The summed E-state index contributed by atoms with van der Waals surface area (Å²) in [5.41, 5.74) is 1.97. The lowest BCUT2D eigenvalue weighted by Gasteiger charge is -2.24. The number of hydrogen-bond acceptors (Lipinski definition) is 2. The van der Waals surface area contributed by atoms with Crippen LogP contribution in [-0.2, 0) is 11.3 Å². The van der Waals surface area contributed by atoms with Gasteiger partial charge in [0.2, 0.25) is 5.91 Å². The SMILES string of the molecule is CCCCN(C)C(=NCc1cccc(NC(=O)C2CCC2)c1)NCC. The highest BCUT2D eigenvalue weighted by molar-refractivity contribution is 5.93. The molecule has 2 rings (SSSR count). The predicted octanol–water partition coefficient (Wildman–Crippen LogP) is 3.62. The number of hydrogen-bond donors (Lipinski definition) is 2. The highest BCUT2D eigenvalue weighted by atomic mass is 16.1. The van der Waals surface area contributed by atoms with Crippen LogP contribution in [0.4, 0.5) is 5.69 Å². The Morgan fingerprint density at radius 1 is 1.32 bits per heavy atom. The maximum absolute atomic E-state index is 12.1. The van der Waals surface area contributed by atoms with E-state index in [0.717, 1.165) is 49.6 Å². The summed E-state index contributed by atoms with van der Waals surface area (Å²) in [4.78, 5) is 19.0. The molecule has 1 aromatic carbocycles. The van der Waals surface area contributed by atoms with Crippen LogP contribution in [0.3, 0.4) is 0 Å². The Kier molecular flexibility index (Phi) is 7.76. The van der Waals surface area contributed by atoms with Gasteiger partial charge in [0.05, 0.1) is 6.54 Å². The molecule has 1 amide bonds. The predicted molar refractivity (Wildman–Crippen MR) is 105 cm³/mol. The van der Waals surface area contributed by atoms with Crippen molar-refractivity contribution in [2.75, 3.05) is 25.5 Å². The molecule has 0 radical (unpaired) electrons. The molecule has 0 saturated heterocycles. The Balaban J connectivity index is 1.97. The first kappa shape index (κ1) is 19.3. The van der Waals surface area contributed by atoms with Crippen LogP contribution in [0, 0.1) is 5.92 Å². The lowest BCUT2D eigenvalue weighted by molar-refractivity contribution is -0.122. The van der Waals surface area contributed by atoms with E-state index in [1.165, 1.54) is 12.8 Å². The Morgan fingerprint density at radius 2 is 2.12 bits per heavy atom. The molecule has 1 saturated carbocycles. The second kappa shape index (κ2) is 10.1. The Morgan fingerprint density at radius 3 is 2.76 bits per heavy atom. The van der Waals surface area contributed by atoms with E-state index in [0.29, 0.717) is 6.54 Å². The fraction of sp³-hybridized carbons (Fsp3) is 0.600. The van der Waals surface area contributed by atoms with Gasteiger partial charge in [-0.2, -0.15) is 0 Å². The van der Waals surface area contributed by atoms with E-state index in [9.17, 15) is 4.79 Å². The molecule has 1 aromatic rings. The second-order valence-corrected chi connectivity index (χ2v) is 6.76. The number of rotatable bonds is 8. The monoisotopic (exact) mass is 344 g/mol. The molecule has 1 aliphatic carbocycles. The molecule has 2 N–H and O–H groups in total. The molecule has 0 spiro atoms. The summed E-state index contributed by atoms with van der Waals surface area (Å²) < 4.78 is 0. The summed E-state index contributed by atoms with van der Waals surface area (Å²) in [5, 5.41) is 6.38. The van der Waals surface area contributed by atoms with E-state index in [4.69, 9.17) is 4.99 Å². The van der Waals surface area contributed by atoms with E-state index in [1.807, 2.05) is 18.2 Å². The normalized spacial score (nSPS) is 14.8. The highest BCUT2D eigenvalue weighted by Gasteiger charge is 2.25. The average Bonchev–Trinajstić information content (AvgIpc) is 2.55. The third-order valence-corrected chi connectivity index (χ3v) is 4.63. The molecule has 5 nitrogen and oxygen atoms in total. The molecular formula is C20H32N4O. The van der Waals surface area contributed by atoms with Gasteiger partial charge in [-0.15, -0.1) is 0 Å². The van der Waals surface area contributed by atoms with E-state index < -0.39 is 0 Å². The molecule has 0 aromatic heterocycles. The Bertz CT molecular complexity index is 581. The molecule has 0 aliphatic heterocycles. The first-order valence-corrected chi connectivity index (χ1v) is 9.53. The minimum Gasteiger partial charge on any atom is -0.357 e. The number of guanidine groups is 1. The summed E-state index contributed by atoms with van der Waals surface area (Å²) >= 11 is 0. The summed E-state index contributed by atoms with van der Waals surface area (Å²) in [6.45, 7) is 6.74. The van der Waals surface area contributed by atoms with Crippen LogP contribution >= 0.6 is 0 Å². The van der Waals surface area contributed by atoms with Gasteiger partial charge in [-0.25, -0.2) is 4.99 Å². The van der Waals surface area contributed by atoms with E-state index in [-0.39, 0.29) is 11.8 Å². The van der Waals surface area contributed by atoms with Gasteiger partial charge in [0.25, 0.3) is 0 Å². The number of nitrogens with zero attached hydrogens (tertiary/aromatic N) is 2. The van der Waals surface area contributed by atoms with Crippen molar-refractivity contribution in [1.29, 1.82) is 0 Å². The summed E-state index contributed by atoms with van der Waals surface area (Å²) in [5.74, 6) is 1.29. The van der Waals surface area contributed by atoms with Crippen LogP contribution in [-0.4, -0.2) is 36.9 Å². The van der Waals surface area contributed by atoms with Crippen molar-refractivity contribution >= 4 is 17.6 Å². The minimum absolute atomic E-state index is 0.152. The molecule has 25 heavy (non-hydrogen) atoms. The van der Waals surface area contributed by atoms with Gasteiger partial charge in [0.15, 0.2) is 5.96 Å². The standard InChI is InChI=1S/C20H32N4O/c1-4-6-13-24(3)20(21-5-2)22-15-16-9-7-12-18(14-16)23-19(25)17-10-8-11-17/h7,9,12,14,17H,4-6,8,10-11,13,15H2,1-3H3,(H,21,22)(H,23,25). The van der Waals surface area contributed by atoms with Gasteiger partial charge >= 0.3 is 0 Å². The number of carbonyl (C=O) groups excluding carboxylic acids is 1. The zero-order valence-corrected chi connectivity index (χ0v) is 15.8. The third kappa shape index (κ3) is 6.07. The van der Waals surface area contributed by atoms with Crippen LogP contribution in [0.15, 0.2) is 29.3 Å². The van der Waals surface area contributed by atoms with Crippen LogP contribution in [0.25, 0.3) is 0 Å². The Labute approximate surface area is 151 Å². The topological polar surface area (TPSA) is 56.7 Å². The molecule has 138 valence electrons. The largest absolute Gasteiger partial charge is 0.357 e. The van der Waals surface area contributed by atoms with Crippen molar-refractivity contribution in [3.63, 3.8) is 0 Å². The first-order chi connectivity index (χ1) is 12.1. The van der Waals surface area contributed by atoms with Crippen molar-refractivity contribution in [2.45, 2.75) is 52.5 Å². The fourth-order valence-corrected chi connectivity index (χ4v) is 2.80. The average molecular weight is 345 g/mol. The molecule has 0 unspecified atom stereocenters. The number of benzene rings is 1. The van der Waals surface area contributed by atoms with Crippen molar-refractivity contribution in [1.82, 2.24) is 10.2 Å². The molecule has 1 aliphatic rings. The lowest BCUT2D eigenvalue weighted by atomic mass is 9.85. The fourth-order valence-electron chi connectivity index (χ4n) is 2.80. The molecule has 0 heterocycles. The smallest absolute Gasteiger partial charge is 0.227 e. The number of unbranched alkanes of at least 4 members (excludes halogenated alkanes) is 1. The summed E-state index contributed by atoms with van der Waals surface area (Å²) in [6, 6.07) is 8.01. The van der Waals surface area contributed by atoms with Crippen molar-refractivity contribution in [2.24, 2.45) is 10.9 Å². The number of anilines is 1. The van der Waals surface area contributed by atoms with Crippen LogP contribution in [0.1, 0.15) is 51.5 Å². The zero-order chi connectivity index (χ0) is 18.1. The maximum atomic E-state index is 12.1. The summed E-state index contributed by atoms with van der Waals surface area (Å²) in [6.07, 6.45) is 5.54. The van der Waals surface area contributed by atoms with E-state index in [1.54, 1.807) is 0 Å². The van der Waals surface area contributed by atoms with Crippen LogP contribution in [0.5, 0.6) is 0 Å². The molecular weight excluding hydrogens is 312 g/mol. The second-order valence-electron chi connectivity index (χ2n) is 6.76. The number of nitrogens with one attached hydrogen (secondary N) is 2. The van der Waals surface area contributed by atoms with Crippen LogP contribution in [0.2, 0.25) is 0 Å². The van der Waals surface area contributed by atoms with Crippen molar-refractivity contribution < 1.29 is 4.79 Å². The van der Waals surface area contributed by atoms with Gasteiger partial charge in [0.1, 0.15) is 0 Å². The van der Waals surface area contributed by atoms with E-state index >= 15 is 0 Å². The van der Waals surface area contributed by atoms with Crippen LogP contribution < -0.4 is 10.6 Å². The third-order valence-electron chi connectivity index (χ3n) is 4.63. The maximum Gasteiger partial charge on any atom is 0.227 e. The number of aliphatic imine (C=N–C) groups is 1. The number of carbonyl (C=O) groups is 1.